The fraction of sp³-hybridized carbons (Fsp3) is 1.00. The van der Waals surface area contributed by atoms with Crippen molar-refractivity contribution in [3.63, 3.8) is 0 Å². The lowest BCUT2D eigenvalue weighted by molar-refractivity contribution is 0.181. The predicted octanol–water partition coefficient (Wildman–Crippen LogP) is 1.24. The first-order chi connectivity index (χ1) is 5.79. The predicted molar refractivity (Wildman–Crippen MR) is 54.6 cm³/mol. The Balaban J connectivity index is 1.88. The first-order valence-corrected chi connectivity index (χ1v) is 5.93. The Kier molecular flexibility index (Phi) is 5.04. The maximum absolute atomic E-state index is 9.01. The molecule has 0 bridgehead atoms. The molecule has 1 rings (SSSR count). The lowest BCUT2D eigenvalue weighted by atomic mass is 10.2. The Morgan fingerprint density at radius 2 is 2.50 bits per heavy atom. The van der Waals surface area contributed by atoms with Gasteiger partial charge in [-0.15, -0.1) is 0 Å². The molecular weight excluding hydrogens is 170 g/mol. The van der Waals surface area contributed by atoms with E-state index in [0.29, 0.717) is 0 Å². The third-order valence-corrected chi connectivity index (χ3v) is 3.32. The molecule has 0 aromatic rings. The molecule has 0 radical (unpaired) electrons. The van der Waals surface area contributed by atoms with E-state index in [1.165, 1.54) is 17.9 Å². The molecule has 2 nitrogen and oxygen atoms in total. The van der Waals surface area contributed by atoms with E-state index in [2.05, 4.69) is 5.32 Å². The summed E-state index contributed by atoms with van der Waals surface area (Å²) >= 11 is 2.03. The van der Waals surface area contributed by atoms with Crippen LogP contribution in [0.4, 0.5) is 0 Å². The molecule has 0 aromatic carbocycles. The van der Waals surface area contributed by atoms with Gasteiger partial charge < -0.3 is 10.4 Å². The third-order valence-electron chi connectivity index (χ3n) is 2.16. The molecule has 1 saturated heterocycles. The van der Waals surface area contributed by atoms with E-state index in [1.54, 1.807) is 0 Å². The summed E-state index contributed by atoms with van der Waals surface area (Å²) in [7, 11) is 0. The van der Waals surface area contributed by atoms with Crippen molar-refractivity contribution in [2.45, 2.75) is 38.3 Å². The van der Waals surface area contributed by atoms with E-state index >= 15 is 0 Å². The van der Waals surface area contributed by atoms with Crippen molar-refractivity contribution in [1.29, 1.82) is 0 Å². The Morgan fingerprint density at radius 1 is 1.67 bits per heavy atom. The smallest absolute Gasteiger partial charge is 0.0512 e. The quantitative estimate of drug-likeness (QED) is 0.638. The highest BCUT2D eigenvalue weighted by atomic mass is 32.2. The molecule has 0 saturated carbocycles. The summed E-state index contributed by atoms with van der Waals surface area (Å²) in [6, 6.07) is 0.740. The van der Waals surface area contributed by atoms with Crippen molar-refractivity contribution >= 4 is 11.8 Å². The Hall–Kier alpha value is 0.270. The molecule has 0 spiro atoms. The summed E-state index contributed by atoms with van der Waals surface area (Å²) in [4.78, 5) is 0. The summed E-state index contributed by atoms with van der Waals surface area (Å²) in [5, 5.41) is 12.5. The second-order valence-corrected chi connectivity index (χ2v) is 4.66. The molecule has 1 heterocycles. The van der Waals surface area contributed by atoms with E-state index in [1.807, 2.05) is 18.7 Å². The number of hydrogen-bond donors (Lipinski definition) is 2. The van der Waals surface area contributed by atoms with Crippen molar-refractivity contribution in [1.82, 2.24) is 5.32 Å². The zero-order valence-electron chi connectivity index (χ0n) is 7.75. The summed E-state index contributed by atoms with van der Waals surface area (Å²) < 4.78 is 0. The summed E-state index contributed by atoms with van der Waals surface area (Å²) in [5.41, 5.74) is 0. The summed E-state index contributed by atoms with van der Waals surface area (Å²) in [6.45, 7) is 2.92. The van der Waals surface area contributed by atoms with E-state index in [4.69, 9.17) is 5.11 Å². The molecule has 2 unspecified atom stereocenters. The van der Waals surface area contributed by atoms with Crippen LogP contribution in [-0.4, -0.2) is 35.3 Å². The number of hydrogen-bond acceptors (Lipinski definition) is 3. The van der Waals surface area contributed by atoms with Crippen molar-refractivity contribution in [3.8, 4) is 0 Å². The normalized spacial score (nSPS) is 26.0. The average molecular weight is 189 g/mol. The van der Waals surface area contributed by atoms with Gasteiger partial charge in [-0.3, -0.25) is 0 Å². The maximum atomic E-state index is 9.01. The molecule has 1 fully saturated rings. The van der Waals surface area contributed by atoms with Gasteiger partial charge in [-0.2, -0.15) is 11.8 Å². The molecule has 12 heavy (non-hydrogen) atoms. The first kappa shape index (κ1) is 10.4. The topological polar surface area (TPSA) is 32.3 Å². The van der Waals surface area contributed by atoms with Crippen LogP contribution in [0.1, 0.15) is 26.2 Å². The maximum Gasteiger partial charge on any atom is 0.0512 e. The van der Waals surface area contributed by atoms with Gasteiger partial charge in [0.15, 0.2) is 0 Å². The van der Waals surface area contributed by atoms with Crippen molar-refractivity contribution in [2.24, 2.45) is 0 Å². The molecule has 3 heteroatoms. The highest BCUT2D eigenvalue weighted by Gasteiger charge is 2.13. The fourth-order valence-corrected chi connectivity index (χ4v) is 2.59. The van der Waals surface area contributed by atoms with Gasteiger partial charge >= 0.3 is 0 Å². The van der Waals surface area contributed by atoms with Crippen LogP contribution in [0.3, 0.4) is 0 Å². The summed E-state index contributed by atoms with van der Waals surface area (Å²) in [5.74, 6) is 2.59. The zero-order chi connectivity index (χ0) is 8.81. The molecule has 72 valence electrons. The van der Waals surface area contributed by atoms with Crippen molar-refractivity contribution in [3.05, 3.63) is 0 Å². The van der Waals surface area contributed by atoms with Crippen LogP contribution in [0.2, 0.25) is 0 Å². The number of rotatable bonds is 5. The van der Waals surface area contributed by atoms with Crippen LogP contribution in [0.25, 0.3) is 0 Å². The number of aliphatic hydroxyl groups excluding tert-OH is 1. The molecule has 2 atom stereocenters. The van der Waals surface area contributed by atoms with Gasteiger partial charge in [0, 0.05) is 11.8 Å². The van der Waals surface area contributed by atoms with E-state index in [-0.39, 0.29) is 6.10 Å². The lowest BCUT2D eigenvalue weighted by Gasteiger charge is -2.11. The molecule has 1 aliphatic heterocycles. The number of thioether (sulfide) groups is 1. The largest absolute Gasteiger partial charge is 0.393 e. The van der Waals surface area contributed by atoms with Crippen molar-refractivity contribution in [2.75, 3.05) is 18.1 Å². The minimum atomic E-state index is -0.134. The van der Waals surface area contributed by atoms with Crippen LogP contribution < -0.4 is 5.32 Å². The van der Waals surface area contributed by atoms with Crippen LogP contribution in [0.5, 0.6) is 0 Å². The first-order valence-electron chi connectivity index (χ1n) is 4.78. The van der Waals surface area contributed by atoms with Crippen LogP contribution in [0.15, 0.2) is 0 Å². The zero-order valence-corrected chi connectivity index (χ0v) is 8.57. The van der Waals surface area contributed by atoms with Gasteiger partial charge in [-0.1, -0.05) is 0 Å². The van der Waals surface area contributed by atoms with Gasteiger partial charge in [-0.05, 0) is 38.5 Å². The monoisotopic (exact) mass is 189 g/mol. The van der Waals surface area contributed by atoms with E-state index in [9.17, 15) is 0 Å². The molecule has 0 aromatic heterocycles. The molecule has 1 aliphatic rings. The highest BCUT2D eigenvalue weighted by Crippen LogP contribution is 2.16. The molecular formula is C9H19NOS. The lowest BCUT2D eigenvalue weighted by Crippen LogP contribution is -2.29. The van der Waals surface area contributed by atoms with Gasteiger partial charge in [0.25, 0.3) is 0 Å². The number of aliphatic hydroxyl groups is 1. The average Bonchev–Trinajstić information content (AvgIpc) is 2.49. The van der Waals surface area contributed by atoms with Gasteiger partial charge in [0.2, 0.25) is 0 Å². The minimum Gasteiger partial charge on any atom is -0.393 e. The minimum absolute atomic E-state index is 0.134. The van der Waals surface area contributed by atoms with Crippen LogP contribution >= 0.6 is 11.8 Å². The number of nitrogens with one attached hydrogen (secondary N) is 1. The van der Waals surface area contributed by atoms with Crippen molar-refractivity contribution < 1.29 is 5.11 Å². The standard InChI is InChI=1S/C9H19NOS/c1-8(11)3-2-5-10-9-4-6-12-7-9/h8-11H,2-7H2,1H3. The fourth-order valence-electron chi connectivity index (χ4n) is 1.40. The van der Waals surface area contributed by atoms with Gasteiger partial charge in [-0.25, -0.2) is 0 Å². The Morgan fingerprint density at radius 3 is 3.08 bits per heavy atom. The third kappa shape index (κ3) is 4.33. The van der Waals surface area contributed by atoms with Crippen LogP contribution in [0, 0.1) is 0 Å². The summed E-state index contributed by atoms with van der Waals surface area (Å²) in [6.07, 6.45) is 3.20. The SMILES string of the molecule is CC(O)CCCNC1CCSC1. The Labute approximate surface area is 79.1 Å². The van der Waals surface area contributed by atoms with E-state index in [0.717, 1.165) is 25.4 Å². The van der Waals surface area contributed by atoms with Gasteiger partial charge in [0.1, 0.15) is 0 Å². The van der Waals surface area contributed by atoms with E-state index < -0.39 is 0 Å². The van der Waals surface area contributed by atoms with Gasteiger partial charge in [0.05, 0.1) is 6.10 Å². The van der Waals surface area contributed by atoms with Crippen LogP contribution in [-0.2, 0) is 0 Å². The molecule has 2 N–H and O–H groups in total. The molecule has 0 aliphatic carbocycles. The second-order valence-electron chi connectivity index (χ2n) is 3.51. The highest BCUT2D eigenvalue weighted by molar-refractivity contribution is 7.99. The molecule has 0 amide bonds. The second kappa shape index (κ2) is 5.84. The Bertz CT molecular complexity index is 113.